The molecule has 114 valence electrons. The van der Waals surface area contributed by atoms with Crippen molar-refractivity contribution in [2.75, 3.05) is 5.75 Å². The lowest BCUT2D eigenvalue weighted by Crippen LogP contribution is -2.39. The predicted molar refractivity (Wildman–Crippen MR) is 73.0 cm³/mol. The quantitative estimate of drug-likeness (QED) is 0.779. The van der Waals surface area contributed by atoms with Gasteiger partial charge in [0.05, 0.1) is 11.2 Å². The van der Waals surface area contributed by atoms with Gasteiger partial charge < -0.3 is 10.4 Å². The fourth-order valence-corrected chi connectivity index (χ4v) is 4.89. The summed E-state index contributed by atoms with van der Waals surface area (Å²) in [4.78, 5) is 22.6. The van der Waals surface area contributed by atoms with Gasteiger partial charge in [-0.25, -0.2) is 8.42 Å². The molecule has 6 nitrogen and oxygen atoms in total. The van der Waals surface area contributed by atoms with Crippen LogP contribution in [0, 0.1) is 5.92 Å². The van der Waals surface area contributed by atoms with Crippen LogP contribution in [0.1, 0.15) is 44.9 Å². The molecule has 0 saturated heterocycles. The first-order valence-corrected chi connectivity index (χ1v) is 8.84. The van der Waals surface area contributed by atoms with E-state index in [0.29, 0.717) is 32.1 Å². The largest absolute Gasteiger partial charge is 0.481 e. The minimum absolute atomic E-state index is 0.206. The number of hydrogen-bond donors (Lipinski definition) is 2. The molecule has 2 fully saturated rings. The molecule has 0 aromatic rings. The van der Waals surface area contributed by atoms with Crippen LogP contribution in [-0.2, 0) is 19.4 Å². The molecule has 20 heavy (non-hydrogen) atoms. The Labute approximate surface area is 118 Å². The van der Waals surface area contributed by atoms with E-state index in [9.17, 15) is 18.0 Å². The Morgan fingerprint density at radius 2 is 1.75 bits per heavy atom. The summed E-state index contributed by atoms with van der Waals surface area (Å²) < 4.78 is 24.1. The minimum Gasteiger partial charge on any atom is -0.481 e. The maximum absolute atomic E-state index is 12.0. The molecule has 0 aliphatic heterocycles. The summed E-state index contributed by atoms with van der Waals surface area (Å²) in [7, 11) is -3.36. The Hall–Kier alpha value is -1.11. The van der Waals surface area contributed by atoms with Crippen LogP contribution in [-0.4, -0.2) is 42.4 Å². The van der Waals surface area contributed by atoms with Gasteiger partial charge >= 0.3 is 5.97 Å². The molecule has 0 spiro atoms. The van der Waals surface area contributed by atoms with E-state index >= 15 is 0 Å². The Balaban J connectivity index is 1.82. The molecule has 0 unspecified atom stereocenters. The Bertz CT molecular complexity index is 481. The fourth-order valence-electron chi connectivity index (χ4n) is 3.15. The number of rotatable bonds is 5. The lowest BCUT2D eigenvalue weighted by atomic mass is 10.1. The van der Waals surface area contributed by atoms with Crippen LogP contribution in [0.2, 0.25) is 0 Å². The van der Waals surface area contributed by atoms with Crippen LogP contribution in [0.4, 0.5) is 0 Å². The van der Waals surface area contributed by atoms with Gasteiger partial charge in [0.25, 0.3) is 0 Å². The summed E-state index contributed by atoms with van der Waals surface area (Å²) in [5.74, 6) is -2.23. The van der Waals surface area contributed by atoms with Gasteiger partial charge in [-0.2, -0.15) is 0 Å². The van der Waals surface area contributed by atoms with Gasteiger partial charge in [-0.3, -0.25) is 9.59 Å². The van der Waals surface area contributed by atoms with Crippen molar-refractivity contribution in [3.8, 4) is 0 Å². The lowest BCUT2D eigenvalue weighted by molar-refractivity contribution is -0.141. The number of carbonyl (C=O) groups excluding carboxylic acids is 1. The molecule has 0 heterocycles. The van der Waals surface area contributed by atoms with Crippen molar-refractivity contribution in [2.24, 2.45) is 5.92 Å². The summed E-state index contributed by atoms with van der Waals surface area (Å²) in [6, 6.07) is -0.206. The molecular formula is C13H21NO5S. The second-order valence-corrected chi connectivity index (χ2v) is 8.11. The maximum atomic E-state index is 12.0. The van der Waals surface area contributed by atoms with Gasteiger partial charge in [-0.15, -0.1) is 0 Å². The number of amides is 1. The van der Waals surface area contributed by atoms with Gasteiger partial charge in [0.2, 0.25) is 5.91 Å². The molecule has 2 aliphatic rings. The number of carboxylic acid groups (broad SMARTS) is 1. The molecule has 7 heteroatoms. The van der Waals surface area contributed by atoms with Crippen LogP contribution in [0.3, 0.4) is 0 Å². The lowest BCUT2D eigenvalue weighted by Gasteiger charge is -2.14. The van der Waals surface area contributed by atoms with Crippen molar-refractivity contribution in [3.05, 3.63) is 0 Å². The third-order valence-electron chi connectivity index (χ3n) is 4.29. The van der Waals surface area contributed by atoms with Crippen molar-refractivity contribution < 1.29 is 23.1 Å². The number of carboxylic acids is 1. The monoisotopic (exact) mass is 303 g/mol. The summed E-state index contributed by atoms with van der Waals surface area (Å²) in [6.45, 7) is 0. The second-order valence-electron chi connectivity index (χ2n) is 5.83. The second kappa shape index (κ2) is 6.11. The Kier molecular flexibility index (Phi) is 4.67. The van der Waals surface area contributed by atoms with Crippen molar-refractivity contribution >= 4 is 21.7 Å². The van der Waals surface area contributed by atoms with E-state index < -0.39 is 33.4 Å². The first-order chi connectivity index (χ1) is 9.38. The first-order valence-electron chi connectivity index (χ1n) is 7.12. The zero-order valence-corrected chi connectivity index (χ0v) is 12.2. The highest BCUT2D eigenvalue weighted by molar-refractivity contribution is 7.92. The molecule has 0 radical (unpaired) electrons. The van der Waals surface area contributed by atoms with Crippen molar-refractivity contribution in [3.63, 3.8) is 0 Å². The zero-order chi connectivity index (χ0) is 14.8. The average Bonchev–Trinajstić information content (AvgIpc) is 2.97. The smallest absolute Gasteiger partial charge is 0.306 e. The van der Waals surface area contributed by atoms with Crippen LogP contribution in [0.5, 0.6) is 0 Å². The van der Waals surface area contributed by atoms with Crippen LogP contribution >= 0.6 is 0 Å². The minimum atomic E-state index is -3.36. The van der Waals surface area contributed by atoms with Crippen LogP contribution in [0.25, 0.3) is 0 Å². The molecule has 2 saturated carbocycles. The normalized spacial score (nSPS) is 27.6. The highest BCUT2D eigenvalue weighted by atomic mass is 32.2. The summed E-state index contributed by atoms with van der Waals surface area (Å²) in [5.41, 5.74) is 0. The van der Waals surface area contributed by atoms with E-state index in [1.807, 2.05) is 0 Å². The van der Waals surface area contributed by atoms with E-state index in [1.54, 1.807) is 0 Å². The zero-order valence-electron chi connectivity index (χ0n) is 11.4. The third kappa shape index (κ3) is 3.71. The molecule has 2 aliphatic carbocycles. The van der Waals surface area contributed by atoms with Gasteiger partial charge in [0.1, 0.15) is 5.75 Å². The van der Waals surface area contributed by atoms with E-state index in [0.717, 1.165) is 12.8 Å². The third-order valence-corrected chi connectivity index (χ3v) is 6.44. The Morgan fingerprint density at radius 1 is 1.10 bits per heavy atom. The van der Waals surface area contributed by atoms with Crippen LogP contribution < -0.4 is 5.32 Å². The van der Waals surface area contributed by atoms with E-state index in [4.69, 9.17) is 5.11 Å². The number of sulfone groups is 1. The molecule has 2 atom stereocenters. The molecule has 0 aromatic carbocycles. The van der Waals surface area contributed by atoms with Gasteiger partial charge in [0.15, 0.2) is 9.84 Å². The molecule has 2 N–H and O–H groups in total. The fraction of sp³-hybridized carbons (Fsp3) is 0.846. The van der Waals surface area contributed by atoms with Crippen molar-refractivity contribution in [1.29, 1.82) is 0 Å². The predicted octanol–water partition coefficient (Wildman–Crippen LogP) is 0.713. The Morgan fingerprint density at radius 3 is 2.30 bits per heavy atom. The number of nitrogens with one attached hydrogen (secondary N) is 1. The number of carbonyl (C=O) groups is 2. The topological polar surface area (TPSA) is 101 Å². The first kappa shape index (κ1) is 15.3. The van der Waals surface area contributed by atoms with Gasteiger partial charge in [-0.1, -0.05) is 12.8 Å². The highest BCUT2D eigenvalue weighted by Crippen LogP contribution is 2.27. The average molecular weight is 303 g/mol. The molecular weight excluding hydrogens is 282 g/mol. The summed E-state index contributed by atoms with van der Waals surface area (Å²) in [6.07, 6.45) is 4.66. The number of hydrogen-bond acceptors (Lipinski definition) is 4. The molecule has 0 aromatic heterocycles. The van der Waals surface area contributed by atoms with Crippen LogP contribution in [0.15, 0.2) is 0 Å². The number of aliphatic carboxylic acids is 1. The summed E-state index contributed by atoms with van der Waals surface area (Å²) >= 11 is 0. The van der Waals surface area contributed by atoms with Gasteiger partial charge in [-0.05, 0) is 32.1 Å². The molecule has 2 rings (SSSR count). The standard InChI is InChI=1S/C13H21NO5S/c15-12(8-20(18,19)11-3-1-2-4-11)14-10-6-5-9(7-10)13(16)17/h9-11H,1-8H2,(H,14,15)(H,16,17)/t9-,10+/m0/s1. The SMILES string of the molecule is O=C(CS(=O)(=O)C1CCCC1)N[C@@H]1CC[C@H](C(=O)O)C1. The van der Waals surface area contributed by atoms with Crippen molar-refractivity contribution in [1.82, 2.24) is 5.32 Å². The summed E-state index contributed by atoms with van der Waals surface area (Å²) in [5, 5.41) is 11.2. The van der Waals surface area contributed by atoms with E-state index in [-0.39, 0.29) is 11.3 Å². The van der Waals surface area contributed by atoms with E-state index in [1.165, 1.54) is 0 Å². The van der Waals surface area contributed by atoms with Gasteiger partial charge in [0, 0.05) is 6.04 Å². The highest BCUT2D eigenvalue weighted by Gasteiger charge is 2.33. The molecule has 0 bridgehead atoms. The molecule has 1 amide bonds. The maximum Gasteiger partial charge on any atom is 0.306 e. The van der Waals surface area contributed by atoms with E-state index in [2.05, 4.69) is 5.32 Å². The van der Waals surface area contributed by atoms with Crippen molar-refractivity contribution in [2.45, 2.75) is 56.2 Å².